The summed E-state index contributed by atoms with van der Waals surface area (Å²) >= 11 is 0. The normalized spacial score (nSPS) is 10.8. The lowest BCUT2D eigenvalue weighted by molar-refractivity contribution is 0.0933. The number of pyridine rings is 1. The van der Waals surface area contributed by atoms with Crippen LogP contribution in [0.2, 0.25) is 0 Å². The molecule has 0 spiro atoms. The van der Waals surface area contributed by atoms with Crippen LogP contribution < -0.4 is 5.32 Å². The Morgan fingerprint density at radius 1 is 1.20 bits per heavy atom. The molecule has 1 aromatic carbocycles. The van der Waals surface area contributed by atoms with Crippen LogP contribution in [0, 0.1) is 35.8 Å². The lowest BCUT2D eigenvalue weighted by Crippen LogP contribution is -2.33. The molecule has 1 amide bonds. The third kappa shape index (κ3) is 5.39. The van der Waals surface area contributed by atoms with Gasteiger partial charge in [0.2, 0.25) is 0 Å². The highest BCUT2D eigenvalue weighted by Gasteiger charge is 2.15. The number of hydrogen-bond donors (Lipinski definition) is 1. The first kappa shape index (κ1) is 18.6. The maximum absolute atomic E-state index is 13.6. The minimum Gasteiger partial charge on any atom is -0.350 e. The van der Waals surface area contributed by atoms with Crippen molar-refractivity contribution in [3.8, 4) is 11.8 Å². The predicted octanol–water partition coefficient (Wildman–Crippen LogP) is 3.84. The predicted molar refractivity (Wildman–Crippen MR) is 93.1 cm³/mol. The Labute approximate surface area is 146 Å². The van der Waals surface area contributed by atoms with E-state index in [4.69, 9.17) is 0 Å². The van der Waals surface area contributed by atoms with E-state index in [9.17, 15) is 13.6 Å². The summed E-state index contributed by atoms with van der Waals surface area (Å²) in [5.41, 5.74) is 1.46. The molecular weight excluding hydrogens is 322 g/mol. The molecule has 3 nitrogen and oxygen atoms in total. The smallest absolute Gasteiger partial charge is 0.270 e. The molecule has 0 bridgehead atoms. The van der Waals surface area contributed by atoms with Crippen LogP contribution in [0.15, 0.2) is 30.5 Å². The number of aromatic nitrogens is 1. The summed E-state index contributed by atoms with van der Waals surface area (Å²) in [6, 6.07) is 4.81. The number of halogens is 2. The molecule has 0 atom stereocenters. The van der Waals surface area contributed by atoms with Crippen LogP contribution in [0.4, 0.5) is 8.78 Å². The van der Waals surface area contributed by atoms with Gasteiger partial charge in [0.15, 0.2) is 0 Å². The van der Waals surface area contributed by atoms with Gasteiger partial charge in [0.1, 0.15) is 17.3 Å². The Kier molecular flexibility index (Phi) is 5.53. The lowest BCUT2D eigenvalue weighted by atomic mass is 9.97. The van der Waals surface area contributed by atoms with Crippen molar-refractivity contribution in [3.05, 3.63) is 64.5 Å². The van der Waals surface area contributed by atoms with Gasteiger partial charge in [-0.05, 0) is 42.2 Å². The second-order valence-electron chi connectivity index (χ2n) is 7.01. The Morgan fingerprint density at radius 2 is 1.92 bits per heavy atom. The van der Waals surface area contributed by atoms with Gasteiger partial charge in [-0.15, -0.1) is 0 Å². The number of hydrogen-bond acceptors (Lipinski definition) is 2. The van der Waals surface area contributed by atoms with E-state index in [2.05, 4.69) is 22.1 Å². The summed E-state index contributed by atoms with van der Waals surface area (Å²) in [6.45, 7) is 8.37. The Morgan fingerprint density at radius 3 is 2.56 bits per heavy atom. The highest BCUT2D eigenvalue weighted by atomic mass is 19.1. The molecule has 0 unspecified atom stereocenters. The van der Waals surface area contributed by atoms with Crippen LogP contribution in [0.5, 0.6) is 0 Å². The van der Waals surface area contributed by atoms with Crippen LogP contribution in [0.25, 0.3) is 0 Å². The second-order valence-corrected chi connectivity index (χ2v) is 7.01. The summed E-state index contributed by atoms with van der Waals surface area (Å²) in [7, 11) is 0. The van der Waals surface area contributed by atoms with Crippen LogP contribution >= 0.6 is 0 Å². The molecular formula is C20H20F2N2O. The molecule has 0 aliphatic rings. The molecule has 0 aliphatic carbocycles. The fourth-order valence-electron chi connectivity index (χ4n) is 2.04. The number of carbonyl (C=O) groups excluding carboxylic acids is 1. The van der Waals surface area contributed by atoms with Gasteiger partial charge in [0, 0.05) is 18.3 Å². The van der Waals surface area contributed by atoms with E-state index in [0.717, 1.165) is 18.2 Å². The number of carbonyl (C=O) groups is 1. The van der Waals surface area contributed by atoms with Gasteiger partial charge in [-0.1, -0.05) is 32.6 Å². The molecule has 1 aromatic heterocycles. The third-order valence-corrected chi connectivity index (χ3v) is 3.34. The first-order valence-corrected chi connectivity index (χ1v) is 7.88. The summed E-state index contributed by atoms with van der Waals surface area (Å²) in [5, 5.41) is 2.84. The first-order chi connectivity index (χ1) is 11.7. The van der Waals surface area contributed by atoms with Crippen molar-refractivity contribution >= 4 is 5.91 Å². The van der Waals surface area contributed by atoms with Gasteiger partial charge >= 0.3 is 0 Å². The first-order valence-electron chi connectivity index (χ1n) is 7.88. The van der Waals surface area contributed by atoms with Crippen LogP contribution in [0.1, 0.15) is 48.0 Å². The lowest BCUT2D eigenvalue weighted by Gasteiger charge is -2.18. The molecule has 0 radical (unpaired) electrons. The molecule has 0 aliphatic heterocycles. The molecule has 1 N–H and O–H groups in total. The Balaban J connectivity index is 2.19. The molecule has 0 saturated carbocycles. The molecule has 1 heterocycles. The molecule has 0 fully saturated rings. The average Bonchev–Trinajstić information content (AvgIpc) is 2.53. The quantitative estimate of drug-likeness (QED) is 0.843. The monoisotopic (exact) mass is 342 g/mol. The number of amides is 1. The highest BCUT2D eigenvalue weighted by molar-refractivity contribution is 5.93. The SMILES string of the molecule is Cc1cc(C#Cc2cc(F)ccc2F)cnc1C(=O)NCC(C)(C)C. The molecule has 2 rings (SSSR count). The fraction of sp³-hybridized carbons (Fsp3) is 0.300. The summed E-state index contributed by atoms with van der Waals surface area (Å²) < 4.78 is 26.7. The molecule has 0 saturated heterocycles. The topological polar surface area (TPSA) is 42.0 Å². The number of nitrogens with zero attached hydrogens (tertiary/aromatic N) is 1. The van der Waals surface area contributed by atoms with Gasteiger partial charge in [0.25, 0.3) is 5.91 Å². The zero-order valence-corrected chi connectivity index (χ0v) is 14.7. The fourth-order valence-corrected chi connectivity index (χ4v) is 2.04. The van der Waals surface area contributed by atoms with Crippen molar-refractivity contribution in [2.24, 2.45) is 5.41 Å². The zero-order valence-electron chi connectivity index (χ0n) is 14.7. The van der Waals surface area contributed by atoms with Crippen molar-refractivity contribution < 1.29 is 13.6 Å². The number of nitrogens with one attached hydrogen (secondary N) is 1. The van der Waals surface area contributed by atoms with Gasteiger partial charge in [0.05, 0.1) is 5.56 Å². The van der Waals surface area contributed by atoms with E-state index in [1.165, 1.54) is 6.20 Å². The van der Waals surface area contributed by atoms with E-state index < -0.39 is 11.6 Å². The Bertz CT molecular complexity index is 858. The number of rotatable bonds is 2. The largest absolute Gasteiger partial charge is 0.350 e. The highest BCUT2D eigenvalue weighted by Crippen LogP contribution is 2.13. The van der Waals surface area contributed by atoms with Gasteiger partial charge in [-0.3, -0.25) is 4.79 Å². The number of benzene rings is 1. The van der Waals surface area contributed by atoms with Gasteiger partial charge in [-0.25, -0.2) is 13.8 Å². The number of aryl methyl sites for hydroxylation is 1. The van der Waals surface area contributed by atoms with Crippen molar-refractivity contribution in [1.82, 2.24) is 10.3 Å². The molecule has 5 heteroatoms. The molecule has 2 aromatic rings. The average molecular weight is 342 g/mol. The van der Waals surface area contributed by atoms with E-state index in [0.29, 0.717) is 23.4 Å². The van der Waals surface area contributed by atoms with Crippen LogP contribution in [0.3, 0.4) is 0 Å². The maximum atomic E-state index is 13.6. The van der Waals surface area contributed by atoms with E-state index in [-0.39, 0.29) is 16.9 Å². The van der Waals surface area contributed by atoms with Crippen LogP contribution in [-0.4, -0.2) is 17.4 Å². The minimum atomic E-state index is -0.586. The van der Waals surface area contributed by atoms with E-state index in [1.807, 2.05) is 20.8 Å². The second kappa shape index (κ2) is 7.43. The van der Waals surface area contributed by atoms with E-state index in [1.54, 1.807) is 13.0 Å². The van der Waals surface area contributed by atoms with E-state index >= 15 is 0 Å². The van der Waals surface area contributed by atoms with Crippen molar-refractivity contribution in [2.45, 2.75) is 27.7 Å². The van der Waals surface area contributed by atoms with Gasteiger partial charge < -0.3 is 5.32 Å². The van der Waals surface area contributed by atoms with Crippen LogP contribution in [-0.2, 0) is 0 Å². The third-order valence-electron chi connectivity index (χ3n) is 3.34. The maximum Gasteiger partial charge on any atom is 0.270 e. The van der Waals surface area contributed by atoms with Crippen molar-refractivity contribution in [3.63, 3.8) is 0 Å². The standard InChI is InChI=1S/C20H20F2N2O/c1-13-9-14(5-6-15-10-16(21)7-8-17(15)22)11-23-18(13)19(25)24-12-20(2,3)4/h7-11H,12H2,1-4H3,(H,24,25). The van der Waals surface area contributed by atoms with Crippen molar-refractivity contribution in [2.75, 3.05) is 6.54 Å². The molecule has 25 heavy (non-hydrogen) atoms. The summed E-state index contributed by atoms with van der Waals surface area (Å²) in [4.78, 5) is 16.3. The van der Waals surface area contributed by atoms with Gasteiger partial charge in [-0.2, -0.15) is 0 Å². The van der Waals surface area contributed by atoms with Crippen molar-refractivity contribution in [1.29, 1.82) is 0 Å². The minimum absolute atomic E-state index is 0.0235. The zero-order chi connectivity index (χ0) is 18.6. The summed E-state index contributed by atoms with van der Waals surface area (Å²) in [5.74, 6) is 3.94. The molecule has 130 valence electrons. The summed E-state index contributed by atoms with van der Waals surface area (Å²) in [6.07, 6.45) is 1.45. The Hall–Kier alpha value is -2.74.